The van der Waals surface area contributed by atoms with E-state index in [0.717, 1.165) is 12.8 Å². The lowest BCUT2D eigenvalue weighted by Gasteiger charge is -2.02. The minimum atomic E-state index is 0.0363. The SMILES string of the molecule is C=CCCCOCC(=O)c1ccccc1. The molecule has 0 aliphatic carbocycles. The molecule has 1 aromatic rings. The standard InChI is InChI=1S/C13H16O2/c1-2-3-7-10-15-11-13(14)12-8-5-4-6-9-12/h2,4-6,8-9H,1,3,7,10-11H2. The largest absolute Gasteiger partial charge is 0.373 e. The highest BCUT2D eigenvalue weighted by atomic mass is 16.5. The monoisotopic (exact) mass is 204 g/mol. The molecule has 0 aromatic heterocycles. The van der Waals surface area contributed by atoms with Crippen LogP contribution in [0.5, 0.6) is 0 Å². The third kappa shape index (κ3) is 4.56. The average molecular weight is 204 g/mol. The van der Waals surface area contributed by atoms with Crippen LogP contribution in [0, 0.1) is 0 Å². The summed E-state index contributed by atoms with van der Waals surface area (Å²) in [6.07, 6.45) is 3.70. The highest BCUT2D eigenvalue weighted by Gasteiger charge is 2.03. The van der Waals surface area contributed by atoms with Crippen LogP contribution in [0.4, 0.5) is 0 Å². The van der Waals surface area contributed by atoms with Crippen molar-refractivity contribution in [3.63, 3.8) is 0 Å². The van der Waals surface area contributed by atoms with E-state index in [2.05, 4.69) is 6.58 Å². The quantitative estimate of drug-likeness (QED) is 0.388. The normalized spacial score (nSPS) is 9.87. The van der Waals surface area contributed by atoms with Gasteiger partial charge < -0.3 is 4.74 Å². The minimum absolute atomic E-state index is 0.0363. The van der Waals surface area contributed by atoms with Gasteiger partial charge in [-0.15, -0.1) is 6.58 Å². The summed E-state index contributed by atoms with van der Waals surface area (Å²) in [5, 5.41) is 0. The van der Waals surface area contributed by atoms with E-state index in [1.807, 2.05) is 24.3 Å². The van der Waals surface area contributed by atoms with Crippen LogP contribution >= 0.6 is 0 Å². The predicted octanol–water partition coefficient (Wildman–Crippen LogP) is 2.85. The Morgan fingerprint density at radius 1 is 1.33 bits per heavy atom. The zero-order valence-electron chi connectivity index (χ0n) is 8.82. The molecular weight excluding hydrogens is 188 g/mol. The maximum atomic E-state index is 11.5. The van der Waals surface area contributed by atoms with Crippen molar-refractivity contribution in [2.75, 3.05) is 13.2 Å². The number of rotatable bonds is 7. The molecule has 0 aliphatic rings. The number of allylic oxidation sites excluding steroid dienone is 1. The fourth-order valence-electron chi connectivity index (χ4n) is 1.20. The molecule has 2 heteroatoms. The number of hydrogen-bond acceptors (Lipinski definition) is 2. The Labute approximate surface area is 90.6 Å². The number of ether oxygens (including phenoxy) is 1. The van der Waals surface area contributed by atoms with Crippen molar-refractivity contribution >= 4 is 5.78 Å². The fraction of sp³-hybridized carbons (Fsp3) is 0.308. The van der Waals surface area contributed by atoms with Gasteiger partial charge in [-0.2, -0.15) is 0 Å². The highest BCUT2D eigenvalue weighted by Crippen LogP contribution is 2.00. The highest BCUT2D eigenvalue weighted by molar-refractivity contribution is 5.96. The molecule has 0 saturated heterocycles. The van der Waals surface area contributed by atoms with Crippen molar-refractivity contribution < 1.29 is 9.53 Å². The van der Waals surface area contributed by atoms with Crippen molar-refractivity contribution in [1.29, 1.82) is 0 Å². The maximum absolute atomic E-state index is 11.5. The molecule has 0 atom stereocenters. The van der Waals surface area contributed by atoms with Crippen molar-refractivity contribution in [3.8, 4) is 0 Å². The van der Waals surface area contributed by atoms with Crippen molar-refractivity contribution in [3.05, 3.63) is 48.6 Å². The summed E-state index contributed by atoms with van der Waals surface area (Å²) in [6.45, 7) is 4.40. The van der Waals surface area contributed by atoms with Crippen molar-refractivity contribution in [2.24, 2.45) is 0 Å². The number of carbonyl (C=O) groups is 1. The van der Waals surface area contributed by atoms with E-state index in [1.54, 1.807) is 12.1 Å². The number of Topliss-reactive ketones (excluding diaryl/α,β-unsaturated/α-hetero) is 1. The summed E-state index contributed by atoms with van der Waals surface area (Å²) in [4.78, 5) is 11.5. The Morgan fingerprint density at radius 3 is 2.73 bits per heavy atom. The molecule has 0 N–H and O–H groups in total. The second-order valence-electron chi connectivity index (χ2n) is 3.27. The molecule has 0 aliphatic heterocycles. The molecule has 0 amide bonds. The first-order valence-corrected chi connectivity index (χ1v) is 5.11. The maximum Gasteiger partial charge on any atom is 0.188 e. The lowest BCUT2D eigenvalue weighted by Crippen LogP contribution is -2.09. The summed E-state index contributed by atoms with van der Waals surface area (Å²) in [5.41, 5.74) is 0.709. The van der Waals surface area contributed by atoms with Gasteiger partial charge in [0.1, 0.15) is 6.61 Å². The van der Waals surface area contributed by atoms with E-state index in [4.69, 9.17) is 4.74 Å². The van der Waals surface area contributed by atoms with Crippen LogP contribution in [-0.4, -0.2) is 19.0 Å². The van der Waals surface area contributed by atoms with Crippen LogP contribution in [0.25, 0.3) is 0 Å². The van der Waals surface area contributed by atoms with Gasteiger partial charge in [0.2, 0.25) is 0 Å². The Bertz CT molecular complexity index is 304. The summed E-state index contributed by atoms with van der Waals surface area (Å²) < 4.78 is 5.25. The van der Waals surface area contributed by atoms with E-state index in [-0.39, 0.29) is 12.4 Å². The zero-order valence-corrected chi connectivity index (χ0v) is 8.82. The lowest BCUT2D eigenvalue weighted by atomic mass is 10.1. The third-order valence-electron chi connectivity index (χ3n) is 2.03. The molecule has 0 bridgehead atoms. The second kappa shape index (κ2) is 6.96. The van der Waals surface area contributed by atoms with Crippen LogP contribution in [0.1, 0.15) is 23.2 Å². The molecule has 1 aromatic carbocycles. The van der Waals surface area contributed by atoms with Gasteiger partial charge >= 0.3 is 0 Å². The second-order valence-corrected chi connectivity index (χ2v) is 3.27. The molecule has 0 radical (unpaired) electrons. The van der Waals surface area contributed by atoms with Crippen LogP contribution < -0.4 is 0 Å². The number of benzene rings is 1. The van der Waals surface area contributed by atoms with Gasteiger partial charge in [-0.3, -0.25) is 4.79 Å². The molecule has 0 unspecified atom stereocenters. The van der Waals surface area contributed by atoms with Gasteiger partial charge in [-0.05, 0) is 12.8 Å². The summed E-state index contributed by atoms with van der Waals surface area (Å²) in [5.74, 6) is 0.0363. The van der Waals surface area contributed by atoms with E-state index in [9.17, 15) is 4.79 Å². The first-order chi connectivity index (χ1) is 7.34. The van der Waals surface area contributed by atoms with Gasteiger partial charge in [0.05, 0.1) is 0 Å². The molecule has 1 rings (SSSR count). The molecule has 2 nitrogen and oxygen atoms in total. The van der Waals surface area contributed by atoms with E-state index in [1.165, 1.54) is 0 Å². The van der Waals surface area contributed by atoms with Gasteiger partial charge in [-0.1, -0.05) is 36.4 Å². The molecular formula is C13H16O2. The van der Waals surface area contributed by atoms with Crippen LogP contribution in [-0.2, 0) is 4.74 Å². The van der Waals surface area contributed by atoms with Crippen LogP contribution in [0.2, 0.25) is 0 Å². The number of unbranched alkanes of at least 4 members (excludes halogenated alkanes) is 1. The van der Waals surface area contributed by atoms with Gasteiger partial charge in [-0.25, -0.2) is 0 Å². The number of carbonyl (C=O) groups excluding carboxylic acids is 1. The van der Waals surface area contributed by atoms with Gasteiger partial charge in [0.25, 0.3) is 0 Å². The lowest BCUT2D eigenvalue weighted by molar-refractivity contribution is 0.0757. The van der Waals surface area contributed by atoms with Crippen LogP contribution in [0.15, 0.2) is 43.0 Å². The molecule has 80 valence electrons. The van der Waals surface area contributed by atoms with E-state index in [0.29, 0.717) is 12.2 Å². The summed E-state index contributed by atoms with van der Waals surface area (Å²) >= 11 is 0. The first kappa shape index (κ1) is 11.7. The smallest absolute Gasteiger partial charge is 0.188 e. The minimum Gasteiger partial charge on any atom is -0.373 e. The number of hydrogen-bond donors (Lipinski definition) is 0. The Balaban J connectivity index is 2.22. The Hall–Kier alpha value is -1.41. The zero-order chi connectivity index (χ0) is 10.9. The first-order valence-electron chi connectivity index (χ1n) is 5.11. The predicted molar refractivity (Wildman–Crippen MR) is 61.0 cm³/mol. The van der Waals surface area contributed by atoms with Crippen molar-refractivity contribution in [2.45, 2.75) is 12.8 Å². The molecule has 0 saturated carbocycles. The Morgan fingerprint density at radius 2 is 2.07 bits per heavy atom. The number of ketones is 1. The topological polar surface area (TPSA) is 26.3 Å². The summed E-state index contributed by atoms with van der Waals surface area (Å²) in [7, 11) is 0. The summed E-state index contributed by atoms with van der Waals surface area (Å²) in [6, 6.07) is 9.20. The van der Waals surface area contributed by atoms with Crippen LogP contribution in [0.3, 0.4) is 0 Å². The Kier molecular flexibility index (Phi) is 5.41. The molecule has 15 heavy (non-hydrogen) atoms. The molecule has 0 spiro atoms. The molecule has 0 heterocycles. The average Bonchev–Trinajstić information content (AvgIpc) is 2.30. The molecule has 0 fully saturated rings. The van der Waals surface area contributed by atoms with E-state index < -0.39 is 0 Å². The van der Waals surface area contributed by atoms with E-state index >= 15 is 0 Å². The third-order valence-corrected chi connectivity index (χ3v) is 2.03. The van der Waals surface area contributed by atoms with Gasteiger partial charge in [0, 0.05) is 12.2 Å². The fourth-order valence-corrected chi connectivity index (χ4v) is 1.20. The van der Waals surface area contributed by atoms with Gasteiger partial charge in [0.15, 0.2) is 5.78 Å². The van der Waals surface area contributed by atoms with Crippen molar-refractivity contribution in [1.82, 2.24) is 0 Å².